The second-order valence-corrected chi connectivity index (χ2v) is 10.9. The molecular weight excluding hydrogens is 396 g/mol. The summed E-state index contributed by atoms with van der Waals surface area (Å²) < 4.78 is 13.0. The van der Waals surface area contributed by atoms with Gasteiger partial charge < -0.3 is 14.6 Å². The number of carbonyl (C=O) groups is 1. The van der Waals surface area contributed by atoms with E-state index in [-0.39, 0.29) is 11.7 Å². The summed E-state index contributed by atoms with van der Waals surface area (Å²) in [4.78, 5) is 11.0. The van der Waals surface area contributed by atoms with Crippen LogP contribution in [0.1, 0.15) is 68.8 Å². The molecule has 1 aliphatic carbocycles. The third kappa shape index (κ3) is 4.73. The predicted molar refractivity (Wildman–Crippen MR) is 121 cm³/mol. The monoisotopic (exact) mass is 432 g/mol. The first-order chi connectivity index (χ1) is 14.4. The highest BCUT2D eigenvalue weighted by molar-refractivity contribution is 7.99. The van der Waals surface area contributed by atoms with Crippen LogP contribution in [0, 0.1) is 29.6 Å². The molecular formula is C25H36O4S. The Labute approximate surface area is 185 Å². The number of carboxylic acid groups (broad SMARTS) is 1. The van der Waals surface area contributed by atoms with Crippen molar-refractivity contribution in [1.82, 2.24) is 0 Å². The van der Waals surface area contributed by atoms with Gasteiger partial charge in [0.15, 0.2) is 6.29 Å². The normalized spacial score (nSPS) is 38.5. The fraction of sp³-hybridized carbons (Fsp3) is 0.720. The van der Waals surface area contributed by atoms with Gasteiger partial charge in [-0.3, -0.25) is 0 Å². The molecule has 0 spiro atoms. The van der Waals surface area contributed by atoms with Crippen LogP contribution in [0.2, 0.25) is 0 Å². The zero-order valence-corrected chi connectivity index (χ0v) is 19.3. The van der Waals surface area contributed by atoms with Gasteiger partial charge in [0.1, 0.15) is 5.44 Å². The minimum absolute atomic E-state index is 0.0301. The summed E-state index contributed by atoms with van der Waals surface area (Å²) in [7, 11) is 0. The molecule has 3 fully saturated rings. The number of aromatic carboxylic acids is 1. The van der Waals surface area contributed by atoms with Gasteiger partial charge in [0.25, 0.3) is 0 Å². The molecule has 1 aromatic carbocycles. The fourth-order valence-electron chi connectivity index (χ4n) is 5.93. The maximum absolute atomic E-state index is 11.0. The maximum atomic E-state index is 11.0. The summed E-state index contributed by atoms with van der Waals surface area (Å²) in [6.45, 7) is 7.03. The Hall–Kier alpha value is -1.04. The van der Waals surface area contributed by atoms with E-state index in [1.807, 2.05) is 23.9 Å². The Morgan fingerprint density at radius 1 is 1.03 bits per heavy atom. The summed E-state index contributed by atoms with van der Waals surface area (Å²) in [5, 5.41) is 9.02. The predicted octanol–water partition coefficient (Wildman–Crippen LogP) is 5.85. The van der Waals surface area contributed by atoms with E-state index in [2.05, 4.69) is 20.8 Å². The van der Waals surface area contributed by atoms with Crippen LogP contribution in [0.25, 0.3) is 0 Å². The van der Waals surface area contributed by atoms with Gasteiger partial charge in [-0.25, -0.2) is 4.79 Å². The third-order valence-corrected chi connectivity index (χ3v) is 9.12. The molecule has 2 saturated heterocycles. The van der Waals surface area contributed by atoms with Crippen LogP contribution in [-0.2, 0) is 15.9 Å². The van der Waals surface area contributed by atoms with Gasteiger partial charge in [0.05, 0.1) is 11.7 Å². The number of thioether (sulfide) groups is 1. The average Bonchev–Trinajstić information content (AvgIpc) is 2.89. The van der Waals surface area contributed by atoms with Crippen molar-refractivity contribution in [1.29, 1.82) is 0 Å². The topological polar surface area (TPSA) is 55.8 Å². The van der Waals surface area contributed by atoms with Crippen molar-refractivity contribution in [2.75, 3.05) is 5.75 Å². The second kappa shape index (κ2) is 9.62. The smallest absolute Gasteiger partial charge is 0.335 e. The quantitative estimate of drug-likeness (QED) is 0.572. The van der Waals surface area contributed by atoms with E-state index in [4.69, 9.17) is 14.6 Å². The maximum Gasteiger partial charge on any atom is 0.335 e. The van der Waals surface area contributed by atoms with E-state index < -0.39 is 5.97 Å². The number of rotatable bonds is 6. The molecule has 8 atom stereocenters. The Bertz CT molecular complexity index is 720. The Morgan fingerprint density at radius 3 is 2.50 bits per heavy atom. The molecule has 1 N–H and O–H groups in total. The van der Waals surface area contributed by atoms with Crippen LogP contribution in [0.3, 0.4) is 0 Å². The zero-order valence-electron chi connectivity index (χ0n) is 18.5. The van der Waals surface area contributed by atoms with Crippen LogP contribution < -0.4 is 0 Å². The first kappa shape index (κ1) is 22.2. The molecule has 3 aliphatic rings. The van der Waals surface area contributed by atoms with E-state index in [9.17, 15) is 4.79 Å². The van der Waals surface area contributed by atoms with Gasteiger partial charge in [-0.15, -0.1) is 11.8 Å². The zero-order chi connectivity index (χ0) is 21.3. The van der Waals surface area contributed by atoms with E-state index in [0.717, 1.165) is 42.8 Å². The molecule has 4 rings (SSSR count). The number of carboxylic acids is 1. The van der Waals surface area contributed by atoms with Gasteiger partial charge >= 0.3 is 5.97 Å². The lowest BCUT2D eigenvalue weighted by Gasteiger charge is -2.52. The Morgan fingerprint density at radius 2 is 1.77 bits per heavy atom. The van der Waals surface area contributed by atoms with E-state index in [1.54, 1.807) is 12.1 Å². The molecule has 2 heterocycles. The number of ether oxygens (including phenoxy) is 2. The molecule has 0 radical (unpaired) electrons. The van der Waals surface area contributed by atoms with Crippen LogP contribution in [-0.4, -0.2) is 34.7 Å². The minimum atomic E-state index is -0.867. The van der Waals surface area contributed by atoms with Gasteiger partial charge in [0.2, 0.25) is 0 Å². The summed E-state index contributed by atoms with van der Waals surface area (Å²) in [6.07, 6.45) is 7.41. The molecule has 1 saturated carbocycles. The van der Waals surface area contributed by atoms with Crippen molar-refractivity contribution in [3.63, 3.8) is 0 Å². The standard InChI is InChI=1S/C25H36O4S/c1-15-6-12-21-17(3)25(29-24-22(21)20(15)13-7-16(2)28-24)30-14-4-5-18-8-10-19(11-9-18)23(26)27/h8-11,15-17,20-22,24-25H,4-7,12-14H2,1-3H3,(H,26,27)/t15-,16?,17-,20+,21+,22?,24?,25-/m1/s1. The van der Waals surface area contributed by atoms with Crippen LogP contribution >= 0.6 is 11.8 Å². The van der Waals surface area contributed by atoms with Crippen molar-refractivity contribution in [2.24, 2.45) is 29.6 Å². The molecule has 0 aromatic heterocycles. The molecule has 1 aromatic rings. The summed E-state index contributed by atoms with van der Waals surface area (Å²) in [6, 6.07) is 7.26. The second-order valence-electron chi connectivity index (χ2n) is 9.69. The minimum Gasteiger partial charge on any atom is -0.478 e. The Kier molecular flexibility index (Phi) is 7.11. The molecule has 166 valence electrons. The molecule has 0 bridgehead atoms. The molecule has 3 unspecified atom stereocenters. The highest BCUT2D eigenvalue weighted by Gasteiger charge is 2.52. The molecule has 2 aliphatic heterocycles. The van der Waals surface area contributed by atoms with Crippen molar-refractivity contribution >= 4 is 17.7 Å². The highest BCUT2D eigenvalue weighted by atomic mass is 32.2. The summed E-state index contributed by atoms with van der Waals surface area (Å²) >= 11 is 1.95. The summed E-state index contributed by atoms with van der Waals surface area (Å²) in [5.74, 6) is 3.58. The van der Waals surface area contributed by atoms with Crippen molar-refractivity contribution in [2.45, 2.75) is 77.1 Å². The van der Waals surface area contributed by atoms with E-state index in [0.29, 0.717) is 23.5 Å². The fourth-order valence-corrected chi connectivity index (χ4v) is 7.17. The number of aryl methyl sites for hydroxylation is 1. The molecule has 4 nitrogen and oxygen atoms in total. The first-order valence-corrected chi connectivity index (χ1v) is 12.7. The van der Waals surface area contributed by atoms with Crippen molar-refractivity contribution in [3.8, 4) is 0 Å². The number of benzene rings is 1. The molecule has 5 heteroatoms. The van der Waals surface area contributed by atoms with Gasteiger partial charge in [-0.05, 0) is 86.1 Å². The number of hydrogen-bond donors (Lipinski definition) is 1. The van der Waals surface area contributed by atoms with Gasteiger partial charge in [-0.2, -0.15) is 0 Å². The lowest BCUT2D eigenvalue weighted by molar-refractivity contribution is -0.258. The molecule has 30 heavy (non-hydrogen) atoms. The van der Waals surface area contributed by atoms with Crippen LogP contribution in [0.15, 0.2) is 24.3 Å². The molecule has 0 amide bonds. The van der Waals surface area contributed by atoms with Gasteiger partial charge in [-0.1, -0.05) is 32.4 Å². The van der Waals surface area contributed by atoms with E-state index in [1.165, 1.54) is 24.8 Å². The summed E-state index contributed by atoms with van der Waals surface area (Å²) in [5.41, 5.74) is 1.76. The van der Waals surface area contributed by atoms with Crippen molar-refractivity contribution < 1.29 is 19.4 Å². The largest absolute Gasteiger partial charge is 0.478 e. The Balaban J connectivity index is 1.33. The SMILES string of the molecule is CC1CC[C@@H]2C3C(O1)O[C@H](SCCCc1ccc(C(=O)O)cc1)[C@H](C)[C@@H]3CC[C@H]2C. The average molecular weight is 433 g/mol. The van der Waals surface area contributed by atoms with Crippen molar-refractivity contribution in [3.05, 3.63) is 35.4 Å². The first-order valence-electron chi connectivity index (χ1n) is 11.7. The third-order valence-electron chi connectivity index (χ3n) is 7.73. The lowest BCUT2D eigenvalue weighted by atomic mass is 9.61. The van der Waals surface area contributed by atoms with E-state index >= 15 is 0 Å². The highest BCUT2D eigenvalue weighted by Crippen LogP contribution is 2.53. The van der Waals surface area contributed by atoms with Crippen LogP contribution in [0.5, 0.6) is 0 Å². The number of hydrogen-bond acceptors (Lipinski definition) is 4. The van der Waals surface area contributed by atoms with Crippen LogP contribution in [0.4, 0.5) is 0 Å². The van der Waals surface area contributed by atoms with Gasteiger partial charge in [0, 0.05) is 5.92 Å². The lowest BCUT2D eigenvalue weighted by Crippen LogP contribution is -2.52.